The van der Waals surface area contributed by atoms with Crippen LogP contribution in [0, 0.1) is 5.92 Å². The van der Waals surface area contributed by atoms with Gasteiger partial charge in [-0.15, -0.1) is 24.0 Å². The molecule has 7 nitrogen and oxygen atoms in total. The summed E-state index contributed by atoms with van der Waals surface area (Å²) in [4.78, 5) is 21.6. The van der Waals surface area contributed by atoms with Crippen molar-refractivity contribution in [3.05, 3.63) is 60.1 Å². The van der Waals surface area contributed by atoms with E-state index in [1.807, 2.05) is 11.0 Å². The van der Waals surface area contributed by atoms with Crippen LogP contribution in [0.1, 0.15) is 42.0 Å². The number of nitrogens with one attached hydrogen (secondary N) is 1. The Morgan fingerprint density at radius 3 is 2.53 bits per heavy atom. The Hall–Kier alpha value is -2.07. The van der Waals surface area contributed by atoms with Gasteiger partial charge in [-0.2, -0.15) is 0 Å². The number of carbonyl (C=O) groups is 1. The second-order valence-corrected chi connectivity index (χ2v) is 8.06. The number of halogens is 1. The lowest BCUT2D eigenvalue weighted by atomic mass is 9.89. The second kappa shape index (κ2) is 12.2. The summed E-state index contributed by atoms with van der Waals surface area (Å²) in [7, 11) is 0. The lowest BCUT2D eigenvalue weighted by Gasteiger charge is -2.36. The third-order valence-electron chi connectivity index (χ3n) is 5.98. The normalized spacial score (nSPS) is 21.7. The lowest BCUT2D eigenvalue weighted by molar-refractivity contribution is -0.0251. The SMILES string of the molecule is CCNC(=NCC1CCCOC1c1ccccc1)N1CCN(C(=O)c2ccco2)CC1.I. The number of rotatable bonds is 5. The molecule has 0 aliphatic carbocycles. The molecule has 1 aromatic carbocycles. The van der Waals surface area contributed by atoms with Gasteiger partial charge in [0.05, 0.1) is 12.4 Å². The van der Waals surface area contributed by atoms with Gasteiger partial charge in [-0.1, -0.05) is 30.3 Å². The van der Waals surface area contributed by atoms with E-state index in [4.69, 9.17) is 14.1 Å². The molecule has 8 heteroatoms. The first-order valence-corrected chi connectivity index (χ1v) is 11.3. The number of hydrogen-bond donors (Lipinski definition) is 1. The van der Waals surface area contributed by atoms with E-state index in [-0.39, 0.29) is 36.0 Å². The van der Waals surface area contributed by atoms with E-state index < -0.39 is 0 Å². The molecule has 0 spiro atoms. The molecule has 174 valence electrons. The molecule has 0 saturated carbocycles. The molecule has 3 heterocycles. The molecule has 1 N–H and O–H groups in total. The van der Waals surface area contributed by atoms with Crippen LogP contribution >= 0.6 is 24.0 Å². The quantitative estimate of drug-likeness (QED) is 0.348. The smallest absolute Gasteiger partial charge is 0.289 e. The Kier molecular flexibility index (Phi) is 9.40. The summed E-state index contributed by atoms with van der Waals surface area (Å²) in [5.74, 6) is 1.64. The molecule has 2 unspecified atom stereocenters. The van der Waals surface area contributed by atoms with Crippen molar-refractivity contribution in [1.82, 2.24) is 15.1 Å². The highest BCUT2D eigenvalue weighted by Crippen LogP contribution is 2.33. The Morgan fingerprint density at radius 2 is 1.84 bits per heavy atom. The maximum atomic E-state index is 12.5. The average molecular weight is 552 g/mol. The fourth-order valence-corrected chi connectivity index (χ4v) is 4.35. The number of guanidine groups is 1. The number of piperazine rings is 1. The minimum Gasteiger partial charge on any atom is -0.459 e. The number of nitrogens with zero attached hydrogens (tertiary/aromatic N) is 3. The summed E-state index contributed by atoms with van der Waals surface area (Å²) in [5, 5.41) is 3.43. The van der Waals surface area contributed by atoms with Crippen LogP contribution in [0.3, 0.4) is 0 Å². The number of aliphatic imine (C=N–C) groups is 1. The number of hydrogen-bond acceptors (Lipinski definition) is 4. The summed E-state index contributed by atoms with van der Waals surface area (Å²) < 4.78 is 11.4. The van der Waals surface area contributed by atoms with Gasteiger partial charge in [0.25, 0.3) is 5.91 Å². The van der Waals surface area contributed by atoms with Crippen LogP contribution in [-0.4, -0.2) is 67.5 Å². The Morgan fingerprint density at radius 1 is 1.09 bits per heavy atom. The zero-order valence-electron chi connectivity index (χ0n) is 18.6. The van der Waals surface area contributed by atoms with Crippen LogP contribution in [0.5, 0.6) is 0 Å². The lowest BCUT2D eigenvalue weighted by Crippen LogP contribution is -2.53. The van der Waals surface area contributed by atoms with Gasteiger partial charge >= 0.3 is 0 Å². The third kappa shape index (κ3) is 6.04. The molecule has 2 aliphatic rings. The Bertz CT molecular complexity index is 851. The molecule has 2 saturated heterocycles. The van der Waals surface area contributed by atoms with E-state index in [9.17, 15) is 4.79 Å². The van der Waals surface area contributed by atoms with E-state index in [0.29, 0.717) is 24.8 Å². The summed E-state index contributed by atoms with van der Waals surface area (Å²) >= 11 is 0. The maximum Gasteiger partial charge on any atom is 0.289 e. The van der Waals surface area contributed by atoms with Gasteiger partial charge in [-0.05, 0) is 37.5 Å². The molecule has 2 aromatic rings. The minimum atomic E-state index is -0.0448. The van der Waals surface area contributed by atoms with Crippen molar-refractivity contribution in [2.75, 3.05) is 45.9 Å². The first-order chi connectivity index (χ1) is 15.3. The second-order valence-electron chi connectivity index (χ2n) is 8.06. The Labute approximate surface area is 207 Å². The van der Waals surface area contributed by atoms with Crippen molar-refractivity contribution in [2.24, 2.45) is 10.9 Å². The molecule has 0 bridgehead atoms. The predicted octanol–water partition coefficient (Wildman–Crippen LogP) is 3.79. The molecule has 2 atom stereocenters. The van der Waals surface area contributed by atoms with E-state index in [0.717, 1.165) is 51.6 Å². The van der Waals surface area contributed by atoms with Gasteiger partial charge in [0.1, 0.15) is 0 Å². The highest BCUT2D eigenvalue weighted by molar-refractivity contribution is 14.0. The zero-order chi connectivity index (χ0) is 21.5. The number of carbonyl (C=O) groups excluding carboxylic acids is 1. The van der Waals surface area contributed by atoms with Crippen LogP contribution in [0.25, 0.3) is 0 Å². The van der Waals surface area contributed by atoms with Gasteiger partial charge in [0.15, 0.2) is 11.7 Å². The van der Waals surface area contributed by atoms with Crippen molar-refractivity contribution in [1.29, 1.82) is 0 Å². The molecular formula is C24H33IN4O3. The van der Waals surface area contributed by atoms with Crippen molar-refractivity contribution >= 4 is 35.8 Å². The van der Waals surface area contributed by atoms with Gasteiger partial charge in [-0.25, -0.2) is 0 Å². The monoisotopic (exact) mass is 552 g/mol. The Balaban J connectivity index is 0.00000289. The molecule has 0 radical (unpaired) electrons. The molecule has 1 aromatic heterocycles. The first kappa shape index (κ1) is 24.6. The maximum absolute atomic E-state index is 12.5. The van der Waals surface area contributed by atoms with E-state index in [1.54, 1.807) is 12.1 Å². The molecular weight excluding hydrogens is 519 g/mol. The highest BCUT2D eigenvalue weighted by atomic mass is 127. The standard InChI is InChI=1S/C24H32N4O3.HI/c1-2-25-24(28-14-12-27(13-15-28)23(29)21-11-7-16-30-21)26-18-20-10-6-17-31-22(20)19-8-4-3-5-9-19;/h3-5,7-9,11,16,20,22H,2,6,10,12-15,17-18H2,1H3,(H,25,26);1H. The summed E-state index contributed by atoms with van der Waals surface area (Å²) in [6.07, 6.45) is 3.84. The van der Waals surface area contributed by atoms with Crippen LogP contribution in [0.4, 0.5) is 0 Å². The fourth-order valence-electron chi connectivity index (χ4n) is 4.35. The topological polar surface area (TPSA) is 70.3 Å². The molecule has 2 aliphatic heterocycles. The van der Waals surface area contributed by atoms with Crippen molar-refractivity contribution in [2.45, 2.75) is 25.9 Å². The van der Waals surface area contributed by atoms with E-state index in [1.165, 1.54) is 11.8 Å². The van der Waals surface area contributed by atoms with Crippen LogP contribution in [-0.2, 0) is 4.74 Å². The molecule has 4 rings (SSSR count). The van der Waals surface area contributed by atoms with Crippen molar-refractivity contribution in [3.8, 4) is 0 Å². The summed E-state index contributed by atoms with van der Waals surface area (Å²) in [5.41, 5.74) is 1.23. The number of furan rings is 1. The predicted molar refractivity (Wildman–Crippen MR) is 135 cm³/mol. The van der Waals surface area contributed by atoms with Crippen LogP contribution in [0.15, 0.2) is 58.1 Å². The van der Waals surface area contributed by atoms with Crippen molar-refractivity contribution in [3.63, 3.8) is 0 Å². The zero-order valence-corrected chi connectivity index (χ0v) is 20.9. The fraction of sp³-hybridized carbons (Fsp3) is 0.500. The average Bonchev–Trinajstić information content (AvgIpc) is 3.37. The number of ether oxygens (including phenoxy) is 1. The minimum absolute atomic E-state index is 0. The summed E-state index contributed by atoms with van der Waals surface area (Å²) in [6, 6.07) is 13.9. The van der Waals surface area contributed by atoms with Crippen LogP contribution < -0.4 is 5.32 Å². The molecule has 32 heavy (non-hydrogen) atoms. The third-order valence-corrected chi connectivity index (χ3v) is 5.98. The van der Waals surface area contributed by atoms with Crippen molar-refractivity contribution < 1.29 is 13.9 Å². The molecule has 1 amide bonds. The van der Waals surface area contributed by atoms with E-state index in [2.05, 4.69) is 41.4 Å². The summed E-state index contributed by atoms with van der Waals surface area (Å²) in [6.45, 7) is 7.25. The first-order valence-electron chi connectivity index (χ1n) is 11.3. The van der Waals surface area contributed by atoms with E-state index >= 15 is 0 Å². The number of amides is 1. The largest absolute Gasteiger partial charge is 0.459 e. The number of benzene rings is 1. The van der Waals surface area contributed by atoms with Gasteiger partial charge < -0.3 is 24.3 Å². The highest BCUT2D eigenvalue weighted by Gasteiger charge is 2.29. The van der Waals surface area contributed by atoms with Gasteiger partial charge in [0.2, 0.25) is 0 Å². The van der Waals surface area contributed by atoms with Crippen LogP contribution in [0.2, 0.25) is 0 Å². The molecule has 2 fully saturated rings. The van der Waals surface area contributed by atoms with Gasteiger partial charge in [0, 0.05) is 51.8 Å². The van der Waals surface area contributed by atoms with Gasteiger partial charge in [-0.3, -0.25) is 9.79 Å².